The van der Waals surface area contributed by atoms with Crippen molar-refractivity contribution in [1.29, 1.82) is 0 Å². The number of ether oxygens (including phenoxy) is 2. The fourth-order valence-corrected chi connectivity index (χ4v) is 4.16. The molecule has 2 aromatic rings. The Morgan fingerprint density at radius 1 is 1.24 bits per heavy atom. The molecule has 9 heteroatoms. The van der Waals surface area contributed by atoms with Gasteiger partial charge in [-0.2, -0.15) is 4.72 Å². The predicted molar refractivity (Wildman–Crippen MR) is 95.6 cm³/mol. The molecule has 1 atom stereocenters. The second-order valence-electron chi connectivity index (χ2n) is 5.09. The molecule has 0 saturated heterocycles. The van der Waals surface area contributed by atoms with Crippen molar-refractivity contribution in [1.82, 2.24) is 10.0 Å². The summed E-state index contributed by atoms with van der Waals surface area (Å²) in [6.07, 6.45) is 0. The molecule has 0 radical (unpaired) electrons. The van der Waals surface area contributed by atoms with Gasteiger partial charge in [-0.15, -0.1) is 11.3 Å². The summed E-state index contributed by atoms with van der Waals surface area (Å²) >= 11 is 1.09. The Labute approximate surface area is 151 Å². The van der Waals surface area contributed by atoms with Gasteiger partial charge in [-0.25, -0.2) is 8.42 Å². The van der Waals surface area contributed by atoms with Gasteiger partial charge in [-0.3, -0.25) is 4.79 Å². The lowest BCUT2D eigenvalue weighted by Gasteiger charge is -2.14. The first-order chi connectivity index (χ1) is 11.9. The van der Waals surface area contributed by atoms with Gasteiger partial charge in [0.25, 0.3) is 10.0 Å². The zero-order valence-electron chi connectivity index (χ0n) is 13.9. The van der Waals surface area contributed by atoms with E-state index in [-0.39, 0.29) is 17.4 Å². The molecule has 2 rings (SSSR count). The fraction of sp³-hybridized carbons (Fsp3) is 0.312. The summed E-state index contributed by atoms with van der Waals surface area (Å²) in [7, 11) is -2.11. The summed E-state index contributed by atoms with van der Waals surface area (Å²) in [5.74, 6) is 0.882. The van der Waals surface area contributed by atoms with Crippen LogP contribution in [0, 0.1) is 0 Å². The highest BCUT2D eigenvalue weighted by Gasteiger charge is 2.22. The fourth-order valence-electron chi connectivity index (χ4n) is 1.95. The van der Waals surface area contributed by atoms with E-state index in [0.29, 0.717) is 11.5 Å². The lowest BCUT2D eigenvalue weighted by atomic mass is 10.3. The van der Waals surface area contributed by atoms with Crippen LogP contribution in [0.1, 0.15) is 6.92 Å². The molecule has 136 valence electrons. The quantitative estimate of drug-likeness (QED) is 0.641. The van der Waals surface area contributed by atoms with Crippen LogP contribution in [0.15, 0.2) is 46.0 Å². The van der Waals surface area contributed by atoms with Crippen LogP contribution in [0.4, 0.5) is 0 Å². The SMILES string of the molecule is COc1cccc(OCCNC(=O)C(C)NS(=O)(=O)c2cccs2)c1. The van der Waals surface area contributed by atoms with Crippen molar-refractivity contribution in [3.05, 3.63) is 41.8 Å². The molecule has 1 unspecified atom stereocenters. The van der Waals surface area contributed by atoms with Gasteiger partial charge >= 0.3 is 0 Å². The highest BCUT2D eigenvalue weighted by Crippen LogP contribution is 2.18. The van der Waals surface area contributed by atoms with E-state index in [0.717, 1.165) is 11.3 Å². The van der Waals surface area contributed by atoms with Gasteiger partial charge in [-0.05, 0) is 30.5 Å². The maximum absolute atomic E-state index is 12.1. The van der Waals surface area contributed by atoms with Crippen molar-refractivity contribution in [2.75, 3.05) is 20.3 Å². The van der Waals surface area contributed by atoms with E-state index in [1.165, 1.54) is 13.0 Å². The maximum Gasteiger partial charge on any atom is 0.250 e. The second-order valence-corrected chi connectivity index (χ2v) is 7.98. The third-order valence-electron chi connectivity index (χ3n) is 3.20. The van der Waals surface area contributed by atoms with E-state index in [1.807, 2.05) is 0 Å². The highest BCUT2D eigenvalue weighted by atomic mass is 32.2. The molecule has 0 bridgehead atoms. The Morgan fingerprint density at radius 2 is 2.00 bits per heavy atom. The normalized spacial score (nSPS) is 12.4. The minimum atomic E-state index is -3.68. The Bertz CT molecular complexity index is 791. The number of nitrogens with one attached hydrogen (secondary N) is 2. The molecular weight excluding hydrogens is 364 g/mol. The number of benzene rings is 1. The van der Waals surface area contributed by atoms with Crippen LogP contribution in [0.25, 0.3) is 0 Å². The van der Waals surface area contributed by atoms with Crippen LogP contribution < -0.4 is 19.5 Å². The third kappa shape index (κ3) is 5.73. The number of carbonyl (C=O) groups is 1. The Balaban J connectivity index is 1.76. The van der Waals surface area contributed by atoms with Crippen molar-refractivity contribution in [3.8, 4) is 11.5 Å². The molecule has 0 spiro atoms. The van der Waals surface area contributed by atoms with Crippen molar-refractivity contribution in [2.24, 2.45) is 0 Å². The van der Waals surface area contributed by atoms with Crippen molar-refractivity contribution in [3.63, 3.8) is 0 Å². The number of methoxy groups -OCH3 is 1. The number of thiophene rings is 1. The standard InChI is InChI=1S/C16H20N2O5S2/c1-12(18-25(20,21)15-7-4-10-24-15)16(19)17-8-9-23-14-6-3-5-13(11-14)22-2/h3-7,10-12,18H,8-9H2,1-2H3,(H,17,19). The zero-order chi connectivity index (χ0) is 18.3. The first-order valence-corrected chi connectivity index (χ1v) is 9.89. The smallest absolute Gasteiger partial charge is 0.250 e. The molecule has 1 heterocycles. The van der Waals surface area contributed by atoms with E-state index in [2.05, 4.69) is 10.0 Å². The summed E-state index contributed by atoms with van der Waals surface area (Å²) in [6.45, 7) is 1.99. The molecule has 1 aromatic heterocycles. The Kier molecular flexibility index (Phi) is 6.80. The Hall–Kier alpha value is -2.10. The number of carbonyl (C=O) groups excluding carboxylic acids is 1. The molecule has 25 heavy (non-hydrogen) atoms. The van der Waals surface area contributed by atoms with Gasteiger partial charge in [0, 0.05) is 6.07 Å². The highest BCUT2D eigenvalue weighted by molar-refractivity contribution is 7.91. The molecule has 0 aliphatic carbocycles. The molecule has 0 saturated carbocycles. The summed E-state index contributed by atoms with van der Waals surface area (Å²) in [5, 5.41) is 4.29. The van der Waals surface area contributed by atoms with E-state index in [1.54, 1.807) is 42.8 Å². The molecular formula is C16H20N2O5S2. The molecule has 1 aromatic carbocycles. The van der Waals surface area contributed by atoms with Crippen molar-refractivity contribution in [2.45, 2.75) is 17.2 Å². The minimum absolute atomic E-state index is 0.175. The van der Waals surface area contributed by atoms with Gasteiger partial charge in [-0.1, -0.05) is 12.1 Å². The Morgan fingerprint density at radius 3 is 2.68 bits per heavy atom. The number of hydrogen-bond acceptors (Lipinski definition) is 6. The maximum atomic E-state index is 12.1. The van der Waals surface area contributed by atoms with Crippen LogP contribution in [0.5, 0.6) is 11.5 Å². The van der Waals surface area contributed by atoms with Crippen LogP contribution in [-0.4, -0.2) is 40.6 Å². The van der Waals surface area contributed by atoms with Crippen LogP contribution in [0.2, 0.25) is 0 Å². The van der Waals surface area contributed by atoms with Crippen molar-refractivity contribution < 1.29 is 22.7 Å². The van der Waals surface area contributed by atoms with Gasteiger partial charge in [0.2, 0.25) is 5.91 Å². The van der Waals surface area contributed by atoms with E-state index in [4.69, 9.17) is 9.47 Å². The van der Waals surface area contributed by atoms with Gasteiger partial charge in [0.15, 0.2) is 0 Å². The first-order valence-electron chi connectivity index (χ1n) is 7.53. The van der Waals surface area contributed by atoms with E-state index < -0.39 is 22.0 Å². The molecule has 7 nitrogen and oxygen atoms in total. The van der Waals surface area contributed by atoms with Crippen LogP contribution in [0.3, 0.4) is 0 Å². The number of rotatable bonds is 9. The summed E-state index contributed by atoms with van der Waals surface area (Å²) in [5.41, 5.74) is 0. The van der Waals surface area contributed by atoms with Gasteiger partial charge in [0.1, 0.15) is 22.3 Å². The molecule has 0 aliphatic heterocycles. The number of hydrogen-bond donors (Lipinski definition) is 2. The van der Waals surface area contributed by atoms with Crippen LogP contribution >= 0.6 is 11.3 Å². The number of amides is 1. The average Bonchev–Trinajstić information content (AvgIpc) is 3.14. The lowest BCUT2D eigenvalue weighted by Crippen LogP contribution is -2.45. The topological polar surface area (TPSA) is 93.7 Å². The predicted octanol–water partition coefficient (Wildman–Crippen LogP) is 1.62. The van der Waals surface area contributed by atoms with E-state index >= 15 is 0 Å². The van der Waals surface area contributed by atoms with Gasteiger partial charge in [0.05, 0.1) is 19.7 Å². The zero-order valence-corrected chi connectivity index (χ0v) is 15.5. The third-order valence-corrected chi connectivity index (χ3v) is 6.13. The molecule has 0 fully saturated rings. The monoisotopic (exact) mass is 384 g/mol. The summed E-state index contributed by atoms with van der Waals surface area (Å²) < 4.78 is 37.3. The summed E-state index contributed by atoms with van der Waals surface area (Å²) in [6, 6.07) is 9.36. The van der Waals surface area contributed by atoms with Crippen molar-refractivity contribution >= 4 is 27.3 Å². The lowest BCUT2D eigenvalue weighted by molar-refractivity contribution is -0.122. The van der Waals surface area contributed by atoms with E-state index in [9.17, 15) is 13.2 Å². The molecule has 0 aliphatic rings. The summed E-state index contributed by atoms with van der Waals surface area (Å²) in [4.78, 5) is 12.0. The molecule has 2 N–H and O–H groups in total. The largest absolute Gasteiger partial charge is 0.497 e. The number of sulfonamides is 1. The van der Waals surface area contributed by atoms with Crippen LogP contribution in [-0.2, 0) is 14.8 Å². The first kappa shape index (κ1) is 19.2. The average molecular weight is 384 g/mol. The second kappa shape index (κ2) is 8.84. The van der Waals surface area contributed by atoms with Gasteiger partial charge < -0.3 is 14.8 Å². The minimum Gasteiger partial charge on any atom is -0.497 e. The molecule has 1 amide bonds.